The van der Waals surface area contributed by atoms with E-state index in [0.29, 0.717) is 23.2 Å². The molecule has 0 radical (unpaired) electrons. The summed E-state index contributed by atoms with van der Waals surface area (Å²) in [6, 6.07) is 7.31. The number of rotatable bonds is 4. The van der Waals surface area contributed by atoms with E-state index in [4.69, 9.17) is 28.6 Å². The molecule has 1 aromatic rings. The molecule has 7 heteroatoms. The number of nitrogens with one attached hydrogen (secondary N) is 3. The van der Waals surface area contributed by atoms with Crippen LogP contribution in [0.4, 0.5) is 10.5 Å². The molecule has 5 nitrogen and oxygen atoms in total. The second kappa shape index (κ2) is 8.05. The topological polar surface area (TPSA) is 62.4 Å². The van der Waals surface area contributed by atoms with E-state index in [1.54, 1.807) is 6.07 Å². The van der Waals surface area contributed by atoms with Gasteiger partial charge in [-0.3, -0.25) is 0 Å². The monoisotopic (exact) mass is 329 g/mol. The summed E-state index contributed by atoms with van der Waals surface area (Å²) in [4.78, 5) is 11.4. The molecule has 0 unspecified atom stereocenters. The highest BCUT2D eigenvalue weighted by atomic mass is 35.5. The number of carbonyl (C=O) groups excluding carboxylic acids is 1. The molecule has 0 saturated heterocycles. The van der Waals surface area contributed by atoms with Crippen LogP contribution in [0.5, 0.6) is 0 Å². The van der Waals surface area contributed by atoms with Gasteiger partial charge in [0.15, 0.2) is 5.11 Å². The summed E-state index contributed by atoms with van der Waals surface area (Å²) >= 11 is 11.1. The van der Waals surface area contributed by atoms with Crippen LogP contribution in [0.15, 0.2) is 24.3 Å². The van der Waals surface area contributed by atoms with E-state index in [2.05, 4.69) is 16.0 Å². The highest BCUT2D eigenvalue weighted by Gasteiger charge is 2.15. The Morgan fingerprint density at radius 2 is 1.86 bits per heavy atom. The van der Waals surface area contributed by atoms with E-state index >= 15 is 0 Å². The van der Waals surface area contributed by atoms with Gasteiger partial charge in [0, 0.05) is 13.1 Å². The molecule has 0 saturated carbocycles. The molecule has 21 heavy (non-hydrogen) atoms. The van der Waals surface area contributed by atoms with E-state index in [0.717, 1.165) is 5.69 Å². The van der Waals surface area contributed by atoms with Gasteiger partial charge in [0.1, 0.15) is 5.60 Å². The van der Waals surface area contributed by atoms with Gasteiger partial charge in [0.2, 0.25) is 0 Å². The molecular formula is C14H20ClN3O2S. The van der Waals surface area contributed by atoms with Crippen LogP contribution in [0.1, 0.15) is 20.8 Å². The minimum Gasteiger partial charge on any atom is -0.444 e. The van der Waals surface area contributed by atoms with Gasteiger partial charge >= 0.3 is 6.09 Å². The number of thiocarbonyl (C=S) groups is 1. The normalized spacial score (nSPS) is 10.7. The average molecular weight is 330 g/mol. The molecule has 0 bridgehead atoms. The van der Waals surface area contributed by atoms with E-state index in [-0.39, 0.29) is 0 Å². The highest BCUT2D eigenvalue weighted by Crippen LogP contribution is 2.19. The summed E-state index contributed by atoms with van der Waals surface area (Å²) in [6.45, 7) is 6.32. The second-order valence-electron chi connectivity index (χ2n) is 5.29. The van der Waals surface area contributed by atoms with Crippen LogP contribution in [0.3, 0.4) is 0 Å². The standard InChI is InChI=1S/C14H20ClN3O2S/c1-14(2,3)20-13(19)17-9-8-16-12(21)18-11-7-5-4-6-10(11)15/h4-7H,8-9H2,1-3H3,(H,17,19)(H2,16,18,21). The number of hydrogen-bond acceptors (Lipinski definition) is 3. The van der Waals surface area contributed by atoms with Gasteiger partial charge in [0.05, 0.1) is 10.7 Å². The van der Waals surface area contributed by atoms with E-state index in [1.165, 1.54) is 0 Å². The third-order valence-electron chi connectivity index (χ3n) is 2.20. The zero-order valence-corrected chi connectivity index (χ0v) is 13.9. The first-order valence-corrected chi connectivity index (χ1v) is 7.33. The maximum absolute atomic E-state index is 11.4. The van der Waals surface area contributed by atoms with Crippen molar-refractivity contribution < 1.29 is 9.53 Å². The number of carbonyl (C=O) groups is 1. The lowest BCUT2D eigenvalue weighted by Crippen LogP contribution is -2.39. The lowest BCUT2D eigenvalue weighted by molar-refractivity contribution is 0.0529. The fraction of sp³-hybridized carbons (Fsp3) is 0.429. The quantitative estimate of drug-likeness (QED) is 0.585. The van der Waals surface area contributed by atoms with Crippen LogP contribution in [-0.2, 0) is 4.74 Å². The van der Waals surface area contributed by atoms with E-state index < -0.39 is 11.7 Å². The summed E-state index contributed by atoms with van der Waals surface area (Å²) in [6.07, 6.45) is -0.450. The highest BCUT2D eigenvalue weighted by molar-refractivity contribution is 7.80. The zero-order chi connectivity index (χ0) is 15.9. The van der Waals surface area contributed by atoms with Crippen molar-refractivity contribution in [3.05, 3.63) is 29.3 Å². The van der Waals surface area contributed by atoms with Crippen LogP contribution in [-0.4, -0.2) is 29.9 Å². The third-order valence-corrected chi connectivity index (χ3v) is 2.78. The Bertz CT molecular complexity index is 503. The molecule has 0 spiro atoms. The molecule has 0 aliphatic carbocycles. The number of halogens is 1. The molecule has 3 N–H and O–H groups in total. The number of benzene rings is 1. The van der Waals surface area contributed by atoms with Crippen molar-refractivity contribution in [1.82, 2.24) is 10.6 Å². The largest absolute Gasteiger partial charge is 0.444 e. The van der Waals surface area contributed by atoms with Crippen LogP contribution in [0.25, 0.3) is 0 Å². The van der Waals surface area contributed by atoms with Gasteiger partial charge < -0.3 is 20.7 Å². The average Bonchev–Trinajstić information content (AvgIpc) is 2.35. The van der Waals surface area contributed by atoms with Gasteiger partial charge in [-0.25, -0.2) is 4.79 Å². The minimum absolute atomic E-state index is 0.402. The Labute approximate surface area is 135 Å². The smallest absolute Gasteiger partial charge is 0.407 e. The molecule has 0 aliphatic rings. The van der Waals surface area contributed by atoms with E-state index in [9.17, 15) is 4.79 Å². The number of alkyl carbamates (subject to hydrolysis) is 1. The first-order chi connectivity index (χ1) is 9.78. The number of para-hydroxylation sites is 1. The van der Waals surface area contributed by atoms with Gasteiger partial charge in [-0.1, -0.05) is 23.7 Å². The lowest BCUT2D eigenvalue weighted by atomic mass is 10.2. The Morgan fingerprint density at radius 1 is 1.24 bits per heavy atom. The number of hydrogen-bond donors (Lipinski definition) is 3. The van der Waals surface area contributed by atoms with Gasteiger partial charge in [-0.2, -0.15) is 0 Å². The summed E-state index contributed by atoms with van der Waals surface area (Å²) in [5.41, 5.74) is 0.232. The first-order valence-electron chi connectivity index (χ1n) is 6.54. The summed E-state index contributed by atoms with van der Waals surface area (Å²) in [7, 11) is 0. The fourth-order valence-electron chi connectivity index (χ4n) is 1.38. The maximum atomic E-state index is 11.4. The minimum atomic E-state index is -0.502. The van der Waals surface area contributed by atoms with Crippen LogP contribution >= 0.6 is 23.8 Å². The lowest BCUT2D eigenvalue weighted by Gasteiger charge is -2.19. The molecule has 1 aromatic carbocycles. The summed E-state index contributed by atoms with van der Waals surface area (Å²) in [5, 5.41) is 9.61. The molecule has 116 valence electrons. The van der Waals surface area contributed by atoms with Crippen LogP contribution < -0.4 is 16.0 Å². The van der Waals surface area contributed by atoms with Gasteiger partial charge in [-0.05, 0) is 45.1 Å². The van der Waals surface area contributed by atoms with Crippen molar-refractivity contribution in [1.29, 1.82) is 0 Å². The SMILES string of the molecule is CC(C)(C)OC(=O)NCCNC(=S)Nc1ccccc1Cl. The molecule has 0 aromatic heterocycles. The summed E-state index contributed by atoms with van der Waals surface area (Å²) in [5.74, 6) is 0. The van der Waals surface area contributed by atoms with E-state index in [1.807, 2.05) is 39.0 Å². The first kappa shape index (κ1) is 17.5. The number of amides is 1. The van der Waals surface area contributed by atoms with Gasteiger partial charge in [0.25, 0.3) is 0 Å². The number of ether oxygens (including phenoxy) is 1. The van der Waals surface area contributed by atoms with Crippen molar-refractivity contribution in [2.75, 3.05) is 18.4 Å². The molecule has 1 amide bonds. The molecular weight excluding hydrogens is 310 g/mol. The van der Waals surface area contributed by atoms with Crippen molar-refractivity contribution >= 4 is 40.7 Å². The molecule has 0 aliphatic heterocycles. The van der Waals surface area contributed by atoms with Crippen LogP contribution in [0.2, 0.25) is 5.02 Å². The second-order valence-corrected chi connectivity index (χ2v) is 6.10. The molecule has 1 rings (SSSR count). The number of anilines is 1. The Balaban J connectivity index is 2.23. The Morgan fingerprint density at radius 3 is 2.48 bits per heavy atom. The Kier molecular flexibility index (Phi) is 6.71. The van der Waals surface area contributed by atoms with Crippen molar-refractivity contribution in [3.8, 4) is 0 Å². The predicted molar refractivity (Wildman–Crippen MR) is 89.9 cm³/mol. The fourth-order valence-corrected chi connectivity index (χ4v) is 1.78. The molecule has 0 atom stereocenters. The van der Waals surface area contributed by atoms with Crippen molar-refractivity contribution in [2.24, 2.45) is 0 Å². The predicted octanol–water partition coefficient (Wildman–Crippen LogP) is 3.15. The summed E-state index contributed by atoms with van der Waals surface area (Å²) < 4.78 is 5.11. The van der Waals surface area contributed by atoms with Crippen molar-refractivity contribution in [2.45, 2.75) is 26.4 Å². The van der Waals surface area contributed by atoms with Crippen molar-refractivity contribution in [3.63, 3.8) is 0 Å². The molecule has 0 heterocycles. The third kappa shape index (κ3) is 7.72. The zero-order valence-electron chi connectivity index (χ0n) is 12.3. The van der Waals surface area contributed by atoms with Gasteiger partial charge in [-0.15, -0.1) is 0 Å². The Hall–Kier alpha value is -1.53. The molecule has 0 fully saturated rings. The van der Waals surface area contributed by atoms with Crippen LogP contribution in [0, 0.1) is 0 Å². The maximum Gasteiger partial charge on any atom is 0.407 e.